The molecule has 1 saturated heterocycles. The fraction of sp³-hybridized carbons (Fsp3) is 0.455. The van der Waals surface area contributed by atoms with Crippen molar-refractivity contribution in [2.75, 3.05) is 13.7 Å². The average Bonchev–Trinajstić information content (AvgIpc) is 3.37. The van der Waals surface area contributed by atoms with E-state index in [1.54, 1.807) is 6.07 Å². The summed E-state index contributed by atoms with van der Waals surface area (Å²) in [5.74, 6) is 0. The van der Waals surface area contributed by atoms with Gasteiger partial charge < -0.3 is 19.4 Å². The molecule has 0 radical (unpaired) electrons. The van der Waals surface area contributed by atoms with Crippen LogP contribution in [0.3, 0.4) is 0 Å². The molecule has 1 aromatic carbocycles. The number of nitrogens with one attached hydrogen (secondary N) is 1. The van der Waals surface area contributed by atoms with Crippen LogP contribution in [0.1, 0.15) is 45.0 Å². The van der Waals surface area contributed by atoms with Crippen molar-refractivity contribution in [3.05, 3.63) is 40.3 Å². The van der Waals surface area contributed by atoms with Crippen LogP contribution in [0.2, 0.25) is 10.0 Å². The third kappa shape index (κ3) is 4.28. The number of hydrogen-bond donors (Lipinski definition) is 1. The predicted molar refractivity (Wildman–Crippen MR) is 122 cm³/mol. The number of carbonyl (C=O) groups is 1. The minimum Gasteiger partial charge on any atom is -0.357 e. The van der Waals surface area contributed by atoms with Crippen LogP contribution in [0.4, 0.5) is 0 Å². The third-order valence-corrected chi connectivity index (χ3v) is 5.96. The van der Waals surface area contributed by atoms with E-state index in [1.807, 2.05) is 48.6 Å². The Kier molecular flexibility index (Phi) is 7.94. The van der Waals surface area contributed by atoms with Crippen LogP contribution >= 0.6 is 23.2 Å². The highest BCUT2D eigenvalue weighted by molar-refractivity contribution is 6.45. The predicted octanol–water partition coefficient (Wildman–Crippen LogP) is 5.46. The van der Waals surface area contributed by atoms with Gasteiger partial charge in [-0.05, 0) is 32.4 Å². The first-order valence-corrected chi connectivity index (χ1v) is 11.1. The van der Waals surface area contributed by atoms with Crippen LogP contribution < -0.4 is 5.32 Å². The second-order valence-corrected chi connectivity index (χ2v) is 7.70. The highest BCUT2D eigenvalue weighted by Crippen LogP contribution is 2.41. The van der Waals surface area contributed by atoms with Gasteiger partial charge in [0.2, 0.25) is 0 Å². The Labute approximate surface area is 187 Å². The minimum atomic E-state index is -0.0309. The number of carbonyl (C=O) groups excluding carboxylic acids is 1. The largest absolute Gasteiger partial charge is 0.357 e. The lowest BCUT2D eigenvalue weighted by Gasteiger charge is -2.22. The fourth-order valence-electron chi connectivity index (χ4n) is 3.94. The summed E-state index contributed by atoms with van der Waals surface area (Å²) in [5, 5.41) is 9.61. The van der Waals surface area contributed by atoms with Crippen molar-refractivity contribution in [3.63, 3.8) is 0 Å². The van der Waals surface area contributed by atoms with Crippen molar-refractivity contribution in [1.29, 1.82) is 0 Å². The van der Waals surface area contributed by atoms with Gasteiger partial charge in [0, 0.05) is 41.6 Å². The van der Waals surface area contributed by atoms with E-state index in [2.05, 4.69) is 10.4 Å². The summed E-state index contributed by atoms with van der Waals surface area (Å²) in [6.07, 6.45) is 7.89. The number of aromatic nitrogens is 3. The number of aldehydes is 1. The lowest BCUT2D eigenvalue weighted by atomic mass is 10.0. The molecule has 2 aromatic heterocycles. The molecule has 1 aliphatic heterocycles. The van der Waals surface area contributed by atoms with Gasteiger partial charge in [-0.1, -0.05) is 43.1 Å². The van der Waals surface area contributed by atoms with Crippen molar-refractivity contribution >= 4 is 40.4 Å². The van der Waals surface area contributed by atoms with Gasteiger partial charge in [0.1, 0.15) is 12.5 Å². The Morgan fingerprint density at radius 1 is 1.30 bits per heavy atom. The smallest absolute Gasteiger partial charge is 0.150 e. The molecular formula is C22H28Cl2N4O2. The molecule has 1 aliphatic rings. The number of nitrogens with zero attached hydrogens (tertiary/aromatic N) is 3. The lowest BCUT2D eigenvalue weighted by Crippen LogP contribution is -2.18. The monoisotopic (exact) mass is 450 g/mol. The van der Waals surface area contributed by atoms with Crippen molar-refractivity contribution in [2.45, 2.75) is 52.4 Å². The summed E-state index contributed by atoms with van der Waals surface area (Å²) in [5.41, 5.74) is 3.71. The molecule has 6 nitrogen and oxygen atoms in total. The number of benzene rings is 1. The molecule has 30 heavy (non-hydrogen) atoms. The van der Waals surface area contributed by atoms with E-state index in [-0.39, 0.29) is 12.8 Å². The van der Waals surface area contributed by atoms with Crippen molar-refractivity contribution < 1.29 is 9.53 Å². The summed E-state index contributed by atoms with van der Waals surface area (Å²) in [4.78, 5) is 11.4. The molecule has 1 atom stereocenters. The molecule has 4 rings (SSSR count). The Bertz CT molecular complexity index is 1010. The highest BCUT2D eigenvalue weighted by Gasteiger charge is 2.23. The molecule has 162 valence electrons. The zero-order valence-electron chi connectivity index (χ0n) is 17.6. The van der Waals surface area contributed by atoms with E-state index in [0.717, 1.165) is 59.9 Å². The van der Waals surface area contributed by atoms with Crippen LogP contribution in [0.5, 0.6) is 0 Å². The van der Waals surface area contributed by atoms with Crippen molar-refractivity contribution in [3.8, 4) is 11.1 Å². The first-order valence-electron chi connectivity index (χ1n) is 10.4. The van der Waals surface area contributed by atoms with E-state index >= 15 is 0 Å². The number of halogens is 2. The molecule has 1 N–H and O–H groups in total. The van der Waals surface area contributed by atoms with Crippen LogP contribution in [-0.4, -0.2) is 34.3 Å². The first kappa shape index (κ1) is 22.8. The zero-order chi connectivity index (χ0) is 21.7. The van der Waals surface area contributed by atoms with E-state index < -0.39 is 0 Å². The molecule has 0 amide bonds. The molecule has 0 saturated carbocycles. The van der Waals surface area contributed by atoms with Gasteiger partial charge in [0.15, 0.2) is 0 Å². The zero-order valence-corrected chi connectivity index (χ0v) is 19.1. The van der Waals surface area contributed by atoms with E-state index in [1.165, 1.54) is 0 Å². The van der Waals surface area contributed by atoms with Gasteiger partial charge in [-0.3, -0.25) is 0 Å². The Morgan fingerprint density at radius 3 is 2.77 bits per heavy atom. The van der Waals surface area contributed by atoms with E-state index in [0.29, 0.717) is 16.6 Å². The second kappa shape index (κ2) is 10.4. The summed E-state index contributed by atoms with van der Waals surface area (Å²) in [6.45, 7) is 5.54. The summed E-state index contributed by atoms with van der Waals surface area (Å²) >= 11 is 12.8. The first-order chi connectivity index (χ1) is 14.7. The Hall–Kier alpha value is -1.86. The van der Waals surface area contributed by atoms with Crippen LogP contribution in [-0.2, 0) is 22.6 Å². The Balaban J connectivity index is 0.00000124. The Morgan fingerprint density at radius 2 is 2.10 bits per heavy atom. The molecule has 0 spiro atoms. The number of fused-ring (bicyclic) bond motifs is 1. The molecular weight excluding hydrogens is 423 g/mol. The normalized spacial score (nSPS) is 16.4. The molecule has 1 fully saturated rings. The van der Waals surface area contributed by atoms with Crippen LogP contribution in [0.25, 0.3) is 22.0 Å². The van der Waals surface area contributed by atoms with Gasteiger partial charge in [0.05, 0.1) is 28.3 Å². The van der Waals surface area contributed by atoms with Gasteiger partial charge in [0.25, 0.3) is 0 Å². The number of ether oxygens (including phenoxy) is 1. The van der Waals surface area contributed by atoms with Crippen LogP contribution in [0, 0.1) is 0 Å². The maximum absolute atomic E-state index is 11.4. The lowest BCUT2D eigenvalue weighted by molar-refractivity contribution is -0.108. The van der Waals surface area contributed by atoms with Gasteiger partial charge in [-0.25, -0.2) is 4.68 Å². The SMILES string of the molecule is CC.CNCc1c(-c2cnn(C3CCCCO3)c2)c2ccc(Cl)c(Cl)c2n1CC=O. The highest BCUT2D eigenvalue weighted by atomic mass is 35.5. The van der Waals surface area contributed by atoms with Crippen molar-refractivity contribution in [2.24, 2.45) is 0 Å². The van der Waals surface area contributed by atoms with Crippen molar-refractivity contribution in [1.82, 2.24) is 19.7 Å². The molecule has 8 heteroatoms. The molecule has 0 aliphatic carbocycles. The minimum absolute atomic E-state index is 0.0309. The van der Waals surface area contributed by atoms with Gasteiger partial charge in [-0.2, -0.15) is 5.10 Å². The maximum Gasteiger partial charge on any atom is 0.150 e. The van der Waals surface area contributed by atoms with E-state index in [4.69, 9.17) is 27.9 Å². The topological polar surface area (TPSA) is 61.1 Å². The molecule has 3 aromatic rings. The summed E-state index contributed by atoms with van der Waals surface area (Å²) in [7, 11) is 1.88. The van der Waals surface area contributed by atoms with Gasteiger partial charge >= 0.3 is 0 Å². The number of rotatable bonds is 6. The quantitative estimate of drug-likeness (QED) is 0.506. The molecule has 3 heterocycles. The average molecular weight is 451 g/mol. The summed E-state index contributed by atoms with van der Waals surface area (Å²) in [6, 6.07) is 3.74. The molecule has 1 unspecified atom stereocenters. The van der Waals surface area contributed by atoms with E-state index in [9.17, 15) is 4.79 Å². The molecule has 0 bridgehead atoms. The number of hydrogen-bond acceptors (Lipinski definition) is 4. The standard InChI is InChI=1S/C20H22Cl2N4O2.C2H6/c1-23-11-16-18(13-10-24-26(12-13)17-4-2-3-9-28-17)14-5-6-15(21)19(22)20(14)25(16)7-8-27;1-2/h5-6,8,10,12,17,23H,2-4,7,9,11H2,1H3;1-2H3. The second-order valence-electron chi connectivity index (χ2n) is 6.92. The third-order valence-electron chi connectivity index (χ3n) is 5.16. The maximum atomic E-state index is 11.4. The fourth-order valence-corrected chi connectivity index (χ4v) is 4.36. The van der Waals surface area contributed by atoms with Crippen LogP contribution in [0.15, 0.2) is 24.5 Å². The summed E-state index contributed by atoms with van der Waals surface area (Å²) < 4.78 is 9.67. The van der Waals surface area contributed by atoms with Gasteiger partial charge in [-0.15, -0.1) is 0 Å².